The fourth-order valence-electron chi connectivity index (χ4n) is 1.81. The Morgan fingerprint density at radius 1 is 1.15 bits per heavy atom. The minimum Gasteiger partial charge on any atom is -0.489 e. The first-order valence-corrected chi connectivity index (χ1v) is 6.47. The molecule has 20 heavy (non-hydrogen) atoms. The van der Waals surface area contributed by atoms with Gasteiger partial charge in [-0.2, -0.15) is 0 Å². The zero-order valence-electron chi connectivity index (χ0n) is 10.9. The van der Waals surface area contributed by atoms with Gasteiger partial charge in [-0.1, -0.05) is 17.7 Å². The average Bonchev–Trinajstić information content (AvgIpc) is 2.42. The summed E-state index contributed by atoms with van der Waals surface area (Å²) in [6, 6.07) is 8.80. The molecule has 0 aliphatic rings. The first kappa shape index (κ1) is 14.8. The zero-order valence-corrected chi connectivity index (χ0v) is 11.7. The molecular formula is C15H14ClF2NO. The molecule has 0 bridgehead atoms. The van der Waals surface area contributed by atoms with Crippen molar-refractivity contribution in [2.45, 2.75) is 13.2 Å². The molecule has 0 saturated heterocycles. The molecule has 0 radical (unpaired) electrons. The van der Waals surface area contributed by atoms with Crippen molar-refractivity contribution in [1.82, 2.24) is 5.32 Å². The summed E-state index contributed by atoms with van der Waals surface area (Å²) in [5, 5.41) is 3.02. The van der Waals surface area contributed by atoms with Crippen molar-refractivity contribution in [2.24, 2.45) is 0 Å². The van der Waals surface area contributed by atoms with Gasteiger partial charge in [0, 0.05) is 12.1 Å². The molecule has 0 atom stereocenters. The maximum atomic E-state index is 13.3. The molecule has 2 aromatic carbocycles. The highest BCUT2D eigenvalue weighted by Crippen LogP contribution is 2.22. The van der Waals surface area contributed by atoms with E-state index in [2.05, 4.69) is 5.32 Å². The number of benzene rings is 2. The van der Waals surface area contributed by atoms with Gasteiger partial charge in [0.1, 0.15) is 24.0 Å². The molecule has 0 spiro atoms. The second kappa shape index (κ2) is 6.68. The van der Waals surface area contributed by atoms with E-state index in [1.165, 1.54) is 24.3 Å². The lowest BCUT2D eigenvalue weighted by molar-refractivity contribution is 0.301. The van der Waals surface area contributed by atoms with Crippen molar-refractivity contribution < 1.29 is 13.5 Å². The van der Waals surface area contributed by atoms with E-state index < -0.39 is 5.82 Å². The van der Waals surface area contributed by atoms with E-state index in [9.17, 15) is 8.78 Å². The molecule has 2 nitrogen and oxygen atoms in total. The van der Waals surface area contributed by atoms with E-state index in [1.54, 1.807) is 19.2 Å². The first-order valence-electron chi connectivity index (χ1n) is 6.10. The van der Waals surface area contributed by atoms with E-state index in [1.807, 2.05) is 0 Å². The quantitative estimate of drug-likeness (QED) is 0.903. The molecule has 0 aliphatic carbocycles. The molecular weight excluding hydrogens is 284 g/mol. The molecule has 2 aromatic rings. The van der Waals surface area contributed by atoms with Crippen LogP contribution in [0.3, 0.4) is 0 Å². The SMILES string of the molecule is CNCc1cc(F)ccc1OCc1ccc(Cl)c(F)c1. The summed E-state index contributed by atoms with van der Waals surface area (Å²) in [6.45, 7) is 0.679. The predicted molar refractivity (Wildman–Crippen MR) is 74.9 cm³/mol. The minimum atomic E-state index is -0.484. The van der Waals surface area contributed by atoms with E-state index in [-0.39, 0.29) is 17.4 Å². The third-order valence-electron chi connectivity index (χ3n) is 2.77. The third-order valence-corrected chi connectivity index (χ3v) is 3.07. The van der Waals surface area contributed by atoms with Crippen LogP contribution in [-0.2, 0) is 13.2 Å². The zero-order chi connectivity index (χ0) is 14.5. The number of hydrogen-bond donors (Lipinski definition) is 1. The highest BCUT2D eigenvalue weighted by atomic mass is 35.5. The highest BCUT2D eigenvalue weighted by Gasteiger charge is 2.06. The summed E-state index contributed by atoms with van der Waals surface area (Å²) in [5.74, 6) is -0.237. The van der Waals surface area contributed by atoms with Crippen molar-refractivity contribution in [3.63, 3.8) is 0 Å². The summed E-state index contributed by atoms with van der Waals surface area (Å²) in [4.78, 5) is 0. The van der Waals surface area contributed by atoms with Crippen LogP contribution in [0.25, 0.3) is 0 Å². The molecule has 0 unspecified atom stereocenters. The van der Waals surface area contributed by atoms with Gasteiger partial charge in [-0.3, -0.25) is 0 Å². The average molecular weight is 298 g/mol. The largest absolute Gasteiger partial charge is 0.489 e. The first-order chi connectivity index (χ1) is 9.60. The monoisotopic (exact) mass is 297 g/mol. The second-order valence-corrected chi connectivity index (χ2v) is 4.73. The highest BCUT2D eigenvalue weighted by molar-refractivity contribution is 6.30. The number of ether oxygens (including phenoxy) is 1. The molecule has 5 heteroatoms. The van der Waals surface area contributed by atoms with Gasteiger partial charge in [-0.15, -0.1) is 0 Å². The van der Waals surface area contributed by atoms with Crippen LogP contribution in [0.1, 0.15) is 11.1 Å². The second-order valence-electron chi connectivity index (χ2n) is 4.32. The Morgan fingerprint density at radius 3 is 2.65 bits per heavy atom. The maximum Gasteiger partial charge on any atom is 0.142 e. The van der Waals surface area contributed by atoms with Gasteiger partial charge in [0.2, 0.25) is 0 Å². The Balaban J connectivity index is 2.11. The topological polar surface area (TPSA) is 21.3 Å². The number of halogens is 3. The standard InChI is InChI=1S/C15H14ClF2NO/c1-19-8-11-7-12(17)3-5-15(11)20-9-10-2-4-13(16)14(18)6-10/h2-7,19H,8-9H2,1H3. The van der Waals surface area contributed by atoms with Crippen LogP contribution in [0.2, 0.25) is 5.02 Å². The lowest BCUT2D eigenvalue weighted by Crippen LogP contribution is -2.08. The molecule has 106 valence electrons. The van der Waals surface area contributed by atoms with E-state index in [0.29, 0.717) is 23.4 Å². The molecule has 0 fully saturated rings. The Hall–Kier alpha value is -1.65. The molecule has 0 amide bonds. The Bertz CT molecular complexity index is 604. The van der Waals surface area contributed by atoms with Crippen molar-refractivity contribution >= 4 is 11.6 Å². The van der Waals surface area contributed by atoms with Gasteiger partial charge in [0.15, 0.2) is 0 Å². The molecule has 0 aliphatic heterocycles. The molecule has 0 saturated carbocycles. The minimum absolute atomic E-state index is 0.0754. The summed E-state index contributed by atoms with van der Waals surface area (Å²) >= 11 is 5.62. The van der Waals surface area contributed by atoms with Gasteiger partial charge < -0.3 is 10.1 Å². The third kappa shape index (κ3) is 3.68. The van der Waals surface area contributed by atoms with Crippen LogP contribution < -0.4 is 10.1 Å². The number of nitrogens with one attached hydrogen (secondary N) is 1. The Labute approximate surface area is 121 Å². The van der Waals surface area contributed by atoms with Gasteiger partial charge in [-0.25, -0.2) is 8.78 Å². The van der Waals surface area contributed by atoms with Crippen LogP contribution in [0, 0.1) is 11.6 Å². The molecule has 0 aromatic heterocycles. The Kier molecular flexibility index (Phi) is 4.93. The molecule has 0 heterocycles. The van der Waals surface area contributed by atoms with Crippen LogP contribution in [-0.4, -0.2) is 7.05 Å². The van der Waals surface area contributed by atoms with Crippen molar-refractivity contribution in [2.75, 3.05) is 7.05 Å². The fourth-order valence-corrected chi connectivity index (χ4v) is 1.93. The van der Waals surface area contributed by atoms with Gasteiger partial charge in [0.05, 0.1) is 5.02 Å². The van der Waals surface area contributed by atoms with Crippen LogP contribution in [0.4, 0.5) is 8.78 Å². The van der Waals surface area contributed by atoms with E-state index in [0.717, 1.165) is 0 Å². The predicted octanol–water partition coefficient (Wildman–Crippen LogP) is 3.92. The summed E-state index contributed by atoms with van der Waals surface area (Å²) in [6.07, 6.45) is 0. The van der Waals surface area contributed by atoms with Crippen LogP contribution >= 0.6 is 11.6 Å². The number of hydrogen-bond acceptors (Lipinski definition) is 2. The molecule has 1 N–H and O–H groups in total. The van der Waals surface area contributed by atoms with Crippen LogP contribution in [0.5, 0.6) is 5.75 Å². The maximum absolute atomic E-state index is 13.3. The van der Waals surface area contributed by atoms with Crippen LogP contribution in [0.15, 0.2) is 36.4 Å². The van der Waals surface area contributed by atoms with Gasteiger partial charge >= 0.3 is 0 Å². The fraction of sp³-hybridized carbons (Fsp3) is 0.200. The van der Waals surface area contributed by atoms with Gasteiger partial charge in [0.25, 0.3) is 0 Å². The lowest BCUT2D eigenvalue weighted by Gasteiger charge is -2.12. The van der Waals surface area contributed by atoms with Crippen molar-refractivity contribution in [1.29, 1.82) is 0 Å². The van der Waals surface area contributed by atoms with E-state index in [4.69, 9.17) is 16.3 Å². The summed E-state index contributed by atoms with van der Waals surface area (Å²) in [7, 11) is 1.77. The Morgan fingerprint density at radius 2 is 1.95 bits per heavy atom. The molecule has 2 rings (SSSR count). The number of rotatable bonds is 5. The van der Waals surface area contributed by atoms with Crippen molar-refractivity contribution in [3.05, 3.63) is 64.2 Å². The van der Waals surface area contributed by atoms with E-state index >= 15 is 0 Å². The normalized spacial score (nSPS) is 10.6. The summed E-state index contributed by atoms with van der Waals surface area (Å²) < 4.78 is 32.1. The lowest BCUT2D eigenvalue weighted by atomic mass is 10.2. The van der Waals surface area contributed by atoms with Gasteiger partial charge in [-0.05, 0) is 42.9 Å². The smallest absolute Gasteiger partial charge is 0.142 e. The summed E-state index contributed by atoms with van der Waals surface area (Å²) in [5.41, 5.74) is 1.37. The van der Waals surface area contributed by atoms with Crippen molar-refractivity contribution in [3.8, 4) is 5.75 Å².